The first-order chi connectivity index (χ1) is 6.99. The van der Waals surface area contributed by atoms with Crippen molar-refractivity contribution in [2.24, 2.45) is 5.73 Å². The van der Waals surface area contributed by atoms with Gasteiger partial charge in [0.15, 0.2) is 0 Å². The number of hydrogen-bond donors (Lipinski definition) is 2. The van der Waals surface area contributed by atoms with E-state index in [-0.39, 0.29) is 6.04 Å². The van der Waals surface area contributed by atoms with Gasteiger partial charge in [0, 0.05) is 12.6 Å². The maximum atomic E-state index is 12.2. The maximum Gasteiger partial charge on any atom is 0.416 e. The smallest absolute Gasteiger partial charge is 0.329 e. The van der Waals surface area contributed by atoms with Crippen molar-refractivity contribution in [2.45, 2.75) is 12.2 Å². The molecule has 0 heterocycles. The Morgan fingerprint density at radius 2 is 1.80 bits per heavy atom. The molecule has 0 aromatic heterocycles. The minimum atomic E-state index is -4.28. The molecule has 84 valence electrons. The molecule has 5 heteroatoms. The summed E-state index contributed by atoms with van der Waals surface area (Å²) < 4.78 is 36.7. The van der Waals surface area contributed by atoms with Gasteiger partial charge in [0.25, 0.3) is 0 Å². The van der Waals surface area contributed by atoms with E-state index in [0.29, 0.717) is 6.54 Å². The lowest BCUT2D eigenvalue weighted by atomic mass is 10.0. The summed E-state index contributed by atoms with van der Waals surface area (Å²) in [5, 5.41) is 2.92. The molecule has 2 nitrogen and oxygen atoms in total. The molecular weight excluding hydrogens is 205 g/mol. The Kier molecular flexibility index (Phi) is 3.71. The van der Waals surface area contributed by atoms with Crippen LogP contribution in [-0.2, 0) is 6.18 Å². The van der Waals surface area contributed by atoms with Gasteiger partial charge < -0.3 is 11.1 Å². The van der Waals surface area contributed by atoms with Crippen LogP contribution in [0.4, 0.5) is 13.2 Å². The van der Waals surface area contributed by atoms with E-state index in [1.54, 1.807) is 7.05 Å². The highest BCUT2D eigenvalue weighted by Crippen LogP contribution is 2.29. The highest BCUT2D eigenvalue weighted by atomic mass is 19.4. The lowest BCUT2D eigenvalue weighted by molar-refractivity contribution is -0.137. The minimum absolute atomic E-state index is 0.104. The van der Waals surface area contributed by atoms with Gasteiger partial charge in [-0.1, -0.05) is 12.1 Å². The molecule has 3 N–H and O–H groups in total. The van der Waals surface area contributed by atoms with E-state index < -0.39 is 11.7 Å². The van der Waals surface area contributed by atoms with Crippen LogP contribution in [0, 0.1) is 0 Å². The first-order valence-corrected chi connectivity index (χ1v) is 4.53. The molecule has 0 amide bonds. The lowest BCUT2D eigenvalue weighted by Crippen LogP contribution is -2.24. The monoisotopic (exact) mass is 218 g/mol. The number of nitrogens with two attached hydrogens (primary N) is 1. The summed E-state index contributed by atoms with van der Waals surface area (Å²) in [6, 6.07) is 4.91. The molecule has 0 aliphatic rings. The molecule has 15 heavy (non-hydrogen) atoms. The van der Waals surface area contributed by atoms with Gasteiger partial charge in [0.05, 0.1) is 5.56 Å². The van der Waals surface area contributed by atoms with Crippen molar-refractivity contribution in [1.29, 1.82) is 0 Å². The Bertz CT molecular complexity index is 301. The third-order valence-electron chi connectivity index (χ3n) is 2.22. The molecule has 0 bridgehead atoms. The van der Waals surface area contributed by atoms with Gasteiger partial charge >= 0.3 is 6.18 Å². The highest BCUT2D eigenvalue weighted by molar-refractivity contribution is 5.26. The number of hydrogen-bond acceptors (Lipinski definition) is 2. The Morgan fingerprint density at radius 3 is 2.13 bits per heavy atom. The molecule has 1 unspecified atom stereocenters. The van der Waals surface area contributed by atoms with Crippen molar-refractivity contribution >= 4 is 0 Å². The number of alkyl halides is 3. The van der Waals surface area contributed by atoms with E-state index in [4.69, 9.17) is 5.73 Å². The number of nitrogens with one attached hydrogen (secondary N) is 1. The van der Waals surface area contributed by atoms with Gasteiger partial charge in [-0.3, -0.25) is 0 Å². The predicted octanol–water partition coefficient (Wildman–Crippen LogP) is 1.92. The molecule has 0 saturated heterocycles. The van der Waals surface area contributed by atoms with Crippen LogP contribution < -0.4 is 11.1 Å². The number of likely N-dealkylation sites (N-methyl/N-ethyl adjacent to an activating group) is 1. The van der Waals surface area contributed by atoms with Crippen LogP contribution in [0.3, 0.4) is 0 Å². The van der Waals surface area contributed by atoms with Crippen LogP contribution in [0.2, 0.25) is 0 Å². The Balaban J connectivity index is 2.89. The zero-order valence-electron chi connectivity index (χ0n) is 8.31. The van der Waals surface area contributed by atoms with E-state index >= 15 is 0 Å². The van der Waals surface area contributed by atoms with Crippen LogP contribution in [-0.4, -0.2) is 13.6 Å². The molecule has 0 radical (unpaired) electrons. The first-order valence-electron chi connectivity index (χ1n) is 4.53. The summed E-state index contributed by atoms with van der Waals surface area (Å²) >= 11 is 0. The first kappa shape index (κ1) is 12.0. The van der Waals surface area contributed by atoms with Crippen molar-refractivity contribution in [3.63, 3.8) is 0 Å². The Hall–Kier alpha value is -1.07. The molecule has 1 rings (SSSR count). The molecule has 1 aromatic carbocycles. The van der Waals surface area contributed by atoms with Gasteiger partial charge in [-0.2, -0.15) is 13.2 Å². The standard InChI is InChI=1S/C10H13F3N2/c1-15-9(6-14)7-2-4-8(5-3-7)10(11,12)13/h2-5,9,15H,6,14H2,1H3. The fourth-order valence-corrected chi connectivity index (χ4v) is 1.33. The summed E-state index contributed by atoms with van der Waals surface area (Å²) in [6.45, 7) is 0.349. The normalized spacial score (nSPS) is 13.9. The van der Waals surface area contributed by atoms with Gasteiger partial charge in [0.2, 0.25) is 0 Å². The summed E-state index contributed by atoms with van der Waals surface area (Å²) in [5.41, 5.74) is 5.57. The van der Waals surface area contributed by atoms with E-state index in [9.17, 15) is 13.2 Å². The summed E-state index contributed by atoms with van der Waals surface area (Å²) in [7, 11) is 1.72. The summed E-state index contributed by atoms with van der Waals surface area (Å²) in [6.07, 6.45) is -4.28. The molecule has 0 aliphatic heterocycles. The van der Waals surface area contributed by atoms with Crippen LogP contribution in [0.5, 0.6) is 0 Å². The maximum absolute atomic E-state index is 12.2. The zero-order chi connectivity index (χ0) is 11.5. The molecule has 1 atom stereocenters. The van der Waals surface area contributed by atoms with Crippen LogP contribution in [0.15, 0.2) is 24.3 Å². The summed E-state index contributed by atoms with van der Waals surface area (Å²) in [4.78, 5) is 0. The number of benzene rings is 1. The molecule has 1 aromatic rings. The molecule has 0 aliphatic carbocycles. The lowest BCUT2D eigenvalue weighted by Gasteiger charge is -2.15. The topological polar surface area (TPSA) is 38.0 Å². The van der Waals surface area contributed by atoms with E-state index in [2.05, 4.69) is 5.32 Å². The third kappa shape index (κ3) is 2.94. The van der Waals surface area contributed by atoms with Gasteiger partial charge in [-0.15, -0.1) is 0 Å². The SMILES string of the molecule is CNC(CN)c1ccc(C(F)(F)F)cc1. The van der Waals surface area contributed by atoms with Crippen molar-refractivity contribution in [3.05, 3.63) is 35.4 Å². The van der Waals surface area contributed by atoms with Gasteiger partial charge in [-0.05, 0) is 24.7 Å². The van der Waals surface area contributed by atoms with Crippen molar-refractivity contribution in [2.75, 3.05) is 13.6 Å². The summed E-state index contributed by atoms with van der Waals surface area (Å²) in [5.74, 6) is 0. The second kappa shape index (κ2) is 4.63. The zero-order valence-corrected chi connectivity index (χ0v) is 8.31. The fourth-order valence-electron chi connectivity index (χ4n) is 1.33. The van der Waals surface area contributed by atoms with Crippen molar-refractivity contribution in [3.8, 4) is 0 Å². The van der Waals surface area contributed by atoms with E-state index in [1.165, 1.54) is 12.1 Å². The molecule has 0 spiro atoms. The average Bonchev–Trinajstić information content (AvgIpc) is 2.19. The quantitative estimate of drug-likeness (QED) is 0.813. The minimum Gasteiger partial charge on any atom is -0.329 e. The Labute approximate surface area is 86.3 Å². The fraction of sp³-hybridized carbons (Fsp3) is 0.400. The average molecular weight is 218 g/mol. The van der Waals surface area contributed by atoms with Crippen LogP contribution in [0.1, 0.15) is 17.2 Å². The van der Waals surface area contributed by atoms with Crippen LogP contribution in [0.25, 0.3) is 0 Å². The molecule has 0 fully saturated rings. The van der Waals surface area contributed by atoms with E-state index in [1.807, 2.05) is 0 Å². The molecule has 0 saturated carbocycles. The van der Waals surface area contributed by atoms with Gasteiger partial charge in [-0.25, -0.2) is 0 Å². The van der Waals surface area contributed by atoms with Crippen molar-refractivity contribution in [1.82, 2.24) is 5.32 Å². The highest BCUT2D eigenvalue weighted by Gasteiger charge is 2.30. The van der Waals surface area contributed by atoms with Gasteiger partial charge in [0.1, 0.15) is 0 Å². The largest absolute Gasteiger partial charge is 0.416 e. The Morgan fingerprint density at radius 1 is 1.27 bits per heavy atom. The van der Waals surface area contributed by atoms with Crippen molar-refractivity contribution < 1.29 is 13.2 Å². The number of rotatable bonds is 3. The second-order valence-corrected chi connectivity index (χ2v) is 3.20. The second-order valence-electron chi connectivity index (χ2n) is 3.20. The molecular formula is C10H13F3N2. The predicted molar refractivity (Wildman–Crippen MR) is 52.3 cm³/mol. The third-order valence-corrected chi connectivity index (χ3v) is 2.22. The van der Waals surface area contributed by atoms with Crippen LogP contribution >= 0.6 is 0 Å². The number of halogens is 3. The van der Waals surface area contributed by atoms with E-state index in [0.717, 1.165) is 17.7 Å².